The number of hydrogen-bond acceptors (Lipinski definition) is 2. The smallest absolute Gasteiger partial charge is 0.417 e. The highest BCUT2D eigenvalue weighted by Crippen LogP contribution is 2.32. The first kappa shape index (κ1) is 16.5. The highest BCUT2D eigenvalue weighted by Gasteiger charge is 2.36. The van der Waals surface area contributed by atoms with Crippen molar-refractivity contribution in [3.8, 4) is 0 Å². The second kappa shape index (κ2) is 6.72. The fourth-order valence-electron chi connectivity index (χ4n) is 1.80. The fraction of sp³-hybridized carbons (Fsp3) is 0.500. The minimum absolute atomic E-state index is 0.0430. The zero-order chi connectivity index (χ0) is 15.3. The third-order valence-electron chi connectivity index (χ3n) is 2.79. The Kier molecular flexibility index (Phi) is 5.53. The molecule has 1 aromatic carbocycles. The van der Waals surface area contributed by atoms with E-state index in [9.17, 15) is 22.4 Å². The van der Waals surface area contributed by atoms with Crippen LogP contribution in [0.25, 0.3) is 0 Å². The predicted octanol–water partition coefficient (Wildman–Crippen LogP) is 4.44. The molecule has 0 aliphatic carbocycles. The number of alkyl halides is 3. The van der Waals surface area contributed by atoms with Crippen LogP contribution in [0.3, 0.4) is 0 Å². The van der Waals surface area contributed by atoms with Crippen molar-refractivity contribution in [3.63, 3.8) is 0 Å². The second-order valence-corrected chi connectivity index (χ2v) is 4.68. The maximum atomic E-state index is 12.9. The van der Waals surface area contributed by atoms with Crippen LogP contribution < -0.4 is 0 Å². The topological polar surface area (TPSA) is 26.3 Å². The fourth-order valence-corrected chi connectivity index (χ4v) is 1.80. The lowest BCUT2D eigenvalue weighted by molar-refractivity contribution is -0.138. The number of rotatable bonds is 5. The molecule has 0 fully saturated rings. The molecule has 6 heteroatoms. The summed E-state index contributed by atoms with van der Waals surface area (Å²) in [6.07, 6.45) is -3.10. The van der Waals surface area contributed by atoms with Gasteiger partial charge in [-0.1, -0.05) is 20.3 Å². The van der Waals surface area contributed by atoms with Crippen molar-refractivity contribution in [1.82, 2.24) is 0 Å². The molecule has 1 aromatic rings. The molecule has 1 atom stereocenters. The van der Waals surface area contributed by atoms with Crippen LogP contribution >= 0.6 is 0 Å². The number of benzene rings is 1. The van der Waals surface area contributed by atoms with Crippen LogP contribution in [0.15, 0.2) is 18.2 Å². The van der Waals surface area contributed by atoms with Crippen molar-refractivity contribution >= 4 is 5.97 Å². The van der Waals surface area contributed by atoms with Gasteiger partial charge in [0.05, 0.1) is 17.7 Å². The molecule has 0 radical (unpaired) electrons. The predicted molar refractivity (Wildman–Crippen MR) is 65.8 cm³/mol. The van der Waals surface area contributed by atoms with E-state index in [1.807, 2.05) is 13.8 Å². The molecule has 1 unspecified atom stereocenters. The Bertz CT molecular complexity index is 469. The summed E-state index contributed by atoms with van der Waals surface area (Å²) in [6.45, 7) is 3.84. The van der Waals surface area contributed by atoms with Gasteiger partial charge in [-0.2, -0.15) is 13.2 Å². The van der Waals surface area contributed by atoms with E-state index in [2.05, 4.69) is 0 Å². The van der Waals surface area contributed by atoms with Crippen LogP contribution in [0.1, 0.15) is 42.6 Å². The van der Waals surface area contributed by atoms with Crippen LogP contribution in [0.4, 0.5) is 17.6 Å². The van der Waals surface area contributed by atoms with Gasteiger partial charge in [-0.25, -0.2) is 9.18 Å². The number of carbonyl (C=O) groups excluding carboxylic acids is 1. The molecule has 0 N–H and O–H groups in total. The maximum absolute atomic E-state index is 12.9. The third-order valence-corrected chi connectivity index (χ3v) is 2.79. The number of halogens is 4. The van der Waals surface area contributed by atoms with Gasteiger partial charge in [0, 0.05) is 0 Å². The molecule has 0 saturated carbocycles. The lowest BCUT2D eigenvalue weighted by atomic mass is 10.1. The van der Waals surface area contributed by atoms with Gasteiger partial charge < -0.3 is 4.74 Å². The number of carbonyl (C=O) groups is 1. The lowest BCUT2D eigenvalue weighted by Gasteiger charge is -2.14. The van der Waals surface area contributed by atoms with Crippen LogP contribution in [0.2, 0.25) is 0 Å². The molecule has 0 spiro atoms. The van der Waals surface area contributed by atoms with E-state index in [1.165, 1.54) is 0 Å². The number of ether oxygens (including phenoxy) is 1. The molecule has 0 amide bonds. The summed E-state index contributed by atoms with van der Waals surface area (Å²) >= 11 is 0. The summed E-state index contributed by atoms with van der Waals surface area (Å²) < 4.78 is 56.0. The number of esters is 1. The van der Waals surface area contributed by atoms with Crippen molar-refractivity contribution < 1.29 is 27.1 Å². The van der Waals surface area contributed by atoms with Crippen LogP contribution in [0.5, 0.6) is 0 Å². The Morgan fingerprint density at radius 3 is 2.55 bits per heavy atom. The first-order chi connectivity index (χ1) is 9.25. The lowest BCUT2D eigenvalue weighted by Crippen LogP contribution is -2.17. The van der Waals surface area contributed by atoms with Gasteiger partial charge in [0.1, 0.15) is 5.82 Å². The summed E-state index contributed by atoms with van der Waals surface area (Å²) in [5.41, 5.74) is -1.98. The van der Waals surface area contributed by atoms with E-state index in [0.29, 0.717) is 6.07 Å². The standard InChI is InChI=1S/C14H16F4O2/c1-3-4-9(2)8-20-13(19)11-6-5-10(15)7-12(11)14(16,17)18/h5-7,9H,3-4,8H2,1-2H3. The summed E-state index contributed by atoms with van der Waals surface area (Å²) in [7, 11) is 0. The maximum Gasteiger partial charge on any atom is 0.417 e. The Labute approximate surface area is 114 Å². The molecule has 0 aliphatic rings. The quantitative estimate of drug-likeness (QED) is 0.592. The molecule has 112 valence electrons. The Balaban J connectivity index is 2.88. The van der Waals surface area contributed by atoms with E-state index >= 15 is 0 Å². The average Bonchev–Trinajstić information content (AvgIpc) is 2.35. The first-order valence-electron chi connectivity index (χ1n) is 6.29. The molecular formula is C14H16F4O2. The van der Waals surface area contributed by atoms with Gasteiger partial charge in [-0.3, -0.25) is 0 Å². The van der Waals surface area contributed by atoms with Crippen LogP contribution in [0, 0.1) is 11.7 Å². The van der Waals surface area contributed by atoms with Crippen molar-refractivity contribution in [2.45, 2.75) is 32.9 Å². The Morgan fingerprint density at radius 2 is 2.00 bits per heavy atom. The minimum atomic E-state index is -4.80. The first-order valence-corrected chi connectivity index (χ1v) is 6.29. The Morgan fingerprint density at radius 1 is 1.35 bits per heavy atom. The van der Waals surface area contributed by atoms with Crippen molar-refractivity contribution in [2.75, 3.05) is 6.61 Å². The molecule has 0 bridgehead atoms. The van der Waals surface area contributed by atoms with Gasteiger partial charge >= 0.3 is 12.1 Å². The largest absolute Gasteiger partial charge is 0.462 e. The zero-order valence-corrected chi connectivity index (χ0v) is 11.3. The van der Waals surface area contributed by atoms with E-state index < -0.39 is 29.1 Å². The third kappa shape index (κ3) is 4.51. The molecule has 2 nitrogen and oxygen atoms in total. The molecule has 1 rings (SSSR count). The van der Waals surface area contributed by atoms with E-state index in [1.54, 1.807) is 0 Å². The Hall–Kier alpha value is -1.59. The van der Waals surface area contributed by atoms with Gasteiger partial charge in [0.2, 0.25) is 0 Å². The molecular weight excluding hydrogens is 276 g/mol. The molecule has 0 saturated heterocycles. The average molecular weight is 292 g/mol. The van der Waals surface area contributed by atoms with E-state index in [4.69, 9.17) is 4.74 Å². The molecule has 0 heterocycles. The van der Waals surface area contributed by atoms with Crippen LogP contribution in [-0.4, -0.2) is 12.6 Å². The summed E-state index contributed by atoms with van der Waals surface area (Å²) in [5, 5.41) is 0. The minimum Gasteiger partial charge on any atom is -0.462 e. The van der Waals surface area contributed by atoms with Crippen LogP contribution in [-0.2, 0) is 10.9 Å². The summed E-state index contributed by atoms with van der Waals surface area (Å²) in [6, 6.07) is 1.90. The second-order valence-electron chi connectivity index (χ2n) is 4.68. The molecule has 0 aliphatic heterocycles. The van der Waals surface area contributed by atoms with E-state index in [-0.39, 0.29) is 12.5 Å². The highest BCUT2D eigenvalue weighted by molar-refractivity contribution is 5.91. The SMILES string of the molecule is CCCC(C)COC(=O)c1ccc(F)cc1C(F)(F)F. The normalized spacial score (nSPS) is 13.1. The summed E-state index contributed by atoms with van der Waals surface area (Å²) in [5.74, 6) is -2.06. The monoisotopic (exact) mass is 292 g/mol. The number of hydrogen-bond donors (Lipinski definition) is 0. The molecule has 20 heavy (non-hydrogen) atoms. The van der Waals surface area contributed by atoms with Gasteiger partial charge in [-0.05, 0) is 30.5 Å². The zero-order valence-electron chi connectivity index (χ0n) is 11.3. The van der Waals surface area contributed by atoms with E-state index in [0.717, 1.165) is 25.0 Å². The summed E-state index contributed by atoms with van der Waals surface area (Å²) in [4.78, 5) is 11.7. The van der Waals surface area contributed by atoms with Crippen molar-refractivity contribution in [1.29, 1.82) is 0 Å². The van der Waals surface area contributed by atoms with Crippen molar-refractivity contribution in [2.24, 2.45) is 5.92 Å². The van der Waals surface area contributed by atoms with Gasteiger partial charge in [0.15, 0.2) is 0 Å². The van der Waals surface area contributed by atoms with Gasteiger partial charge in [-0.15, -0.1) is 0 Å². The highest BCUT2D eigenvalue weighted by atomic mass is 19.4. The van der Waals surface area contributed by atoms with Crippen molar-refractivity contribution in [3.05, 3.63) is 35.1 Å². The van der Waals surface area contributed by atoms with Gasteiger partial charge in [0.25, 0.3) is 0 Å². The molecule has 0 aromatic heterocycles.